The predicted octanol–water partition coefficient (Wildman–Crippen LogP) is 0.546. The summed E-state index contributed by atoms with van der Waals surface area (Å²) in [7, 11) is 1.36. The van der Waals surface area contributed by atoms with Gasteiger partial charge in [0.25, 0.3) is 5.56 Å². The van der Waals surface area contributed by atoms with Crippen LogP contribution in [0.4, 0.5) is 5.95 Å². The number of nitrogens with zero attached hydrogens (tertiary/aromatic N) is 1. The Morgan fingerprint density at radius 3 is 2.76 bits per heavy atom. The number of aromatic amines is 1. The topological polar surface area (TPSA) is 98.1 Å². The van der Waals surface area contributed by atoms with Crippen LogP contribution < -0.4 is 11.3 Å². The molecule has 1 rings (SSSR count). The number of rotatable bonds is 5. The van der Waals surface area contributed by atoms with Gasteiger partial charge in [-0.1, -0.05) is 0 Å². The number of nitrogen functional groups attached to an aromatic ring is 1. The average molecular weight is 239 g/mol. The van der Waals surface area contributed by atoms with Gasteiger partial charge in [-0.3, -0.25) is 14.6 Å². The second kappa shape index (κ2) is 6.03. The molecule has 0 amide bonds. The first-order valence-electron chi connectivity index (χ1n) is 5.46. The summed E-state index contributed by atoms with van der Waals surface area (Å²) in [5.41, 5.74) is 6.48. The van der Waals surface area contributed by atoms with Crippen LogP contribution in [0.25, 0.3) is 0 Å². The monoisotopic (exact) mass is 239 g/mol. The van der Waals surface area contributed by atoms with Crippen LogP contribution in [0, 0.1) is 6.92 Å². The summed E-state index contributed by atoms with van der Waals surface area (Å²) in [6, 6.07) is 0. The van der Waals surface area contributed by atoms with Crippen LogP contribution in [-0.2, 0) is 16.0 Å². The Kier molecular flexibility index (Phi) is 4.68. The molecule has 3 N–H and O–H groups in total. The molecule has 6 heteroatoms. The van der Waals surface area contributed by atoms with Crippen molar-refractivity contribution in [3.8, 4) is 0 Å². The van der Waals surface area contributed by atoms with Gasteiger partial charge < -0.3 is 10.5 Å². The highest BCUT2D eigenvalue weighted by molar-refractivity contribution is 5.68. The molecule has 0 spiro atoms. The van der Waals surface area contributed by atoms with E-state index in [0.717, 1.165) is 6.42 Å². The molecule has 0 aliphatic carbocycles. The zero-order valence-electron chi connectivity index (χ0n) is 10.1. The van der Waals surface area contributed by atoms with Crippen molar-refractivity contribution in [1.29, 1.82) is 0 Å². The Bertz CT molecular complexity index is 454. The number of nitrogens with one attached hydrogen (secondary N) is 1. The van der Waals surface area contributed by atoms with Gasteiger partial charge >= 0.3 is 5.97 Å². The van der Waals surface area contributed by atoms with Gasteiger partial charge in [-0.05, 0) is 26.2 Å². The summed E-state index contributed by atoms with van der Waals surface area (Å²) in [5, 5.41) is 0. The number of hydrogen-bond donors (Lipinski definition) is 2. The van der Waals surface area contributed by atoms with E-state index in [9.17, 15) is 9.59 Å². The van der Waals surface area contributed by atoms with Gasteiger partial charge in [0.05, 0.1) is 7.11 Å². The van der Waals surface area contributed by atoms with Crippen molar-refractivity contribution in [2.75, 3.05) is 12.8 Å². The fourth-order valence-electron chi connectivity index (χ4n) is 1.60. The number of methoxy groups -OCH3 is 1. The lowest BCUT2D eigenvalue weighted by Gasteiger charge is -2.04. The lowest BCUT2D eigenvalue weighted by atomic mass is 10.1. The summed E-state index contributed by atoms with van der Waals surface area (Å²) < 4.78 is 4.53. The first-order chi connectivity index (χ1) is 8.04. The van der Waals surface area contributed by atoms with Crippen molar-refractivity contribution < 1.29 is 9.53 Å². The standard InChI is InChI=1S/C11H17N3O3/c1-7-8(10(16)14-11(12)13-7)5-3-4-6-9(15)17-2/h3-6H2,1-2H3,(H3,12,13,14,16). The molecule has 0 bridgehead atoms. The number of unbranched alkanes of at least 4 members (excludes halogenated alkanes) is 1. The highest BCUT2D eigenvalue weighted by Gasteiger charge is 2.07. The number of ether oxygens (including phenoxy) is 1. The minimum absolute atomic E-state index is 0.130. The van der Waals surface area contributed by atoms with E-state index in [1.807, 2.05) is 0 Å². The van der Waals surface area contributed by atoms with Crippen LogP contribution in [0.15, 0.2) is 4.79 Å². The van der Waals surface area contributed by atoms with Crippen LogP contribution >= 0.6 is 0 Å². The third-order valence-corrected chi connectivity index (χ3v) is 2.53. The third kappa shape index (κ3) is 3.90. The number of nitrogens with two attached hydrogens (primary N) is 1. The Hall–Kier alpha value is -1.85. The Balaban J connectivity index is 2.53. The third-order valence-electron chi connectivity index (χ3n) is 2.53. The second-order valence-electron chi connectivity index (χ2n) is 3.80. The van der Waals surface area contributed by atoms with Crippen LogP contribution in [0.3, 0.4) is 0 Å². The lowest BCUT2D eigenvalue weighted by molar-refractivity contribution is -0.140. The fraction of sp³-hybridized carbons (Fsp3) is 0.545. The minimum atomic E-state index is -0.230. The van der Waals surface area contributed by atoms with Crippen molar-refractivity contribution >= 4 is 11.9 Å². The van der Waals surface area contributed by atoms with E-state index in [-0.39, 0.29) is 17.5 Å². The van der Waals surface area contributed by atoms with Crippen molar-refractivity contribution in [1.82, 2.24) is 9.97 Å². The molecule has 0 saturated heterocycles. The van der Waals surface area contributed by atoms with E-state index in [2.05, 4.69) is 14.7 Å². The molecular formula is C11H17N3O3. The molecule has 0 aliphatic heterocycles. The smallest absolute Gasteiger partial charge is 0.305 e. The van der Waals surface area contributed by atoms with Crippen LogP contribution in [0.1, 0.15) is 30.5 Å². The van der Waals surface area contributed by atoms with Crippen molar-refractivity contribution in [2.45, 2.75) is 32.6 Å². The number of H-pyrrole nitrogens is 1. The molecule has 1 aromatic heterocycles. The number of carbonyl (C=O) groups excluding carboxylic acids is 1. The molecule has 0 unspecified atom stereocenters. The molecule has 17 heavy (non-hydrogen) atoms. The number of aromatic nitrogens is 2. The summed E-state index contributed by atoms with van der Waals surface area (Å²) in [6.45, 7) is 1.75. The number of esters is 1. The molecule has 0 aromatic carbocycles. The normalized spacial score (nSPS) is 10.2. The van der Waals surface area contributed by atoms with Crippen LogP contribution in [-0.4, -0.2) is 23.0 Å². The zero-order valence-corrected chi connectivity index (χ0v) is 10.1. The fourth-order valence-corrected chi connectivity index (χ4v) is 1.60. The Morgan fingerprint density at radius 2 is 2.18 bits per heavy atom. The first-order valence-corrected chi connectivity index (χ1v) is 5.46. The van der Waals surface area contributed by atoms with Gasteiger partial charge in [0.15, 0.2) is 0 Å². The maximum atomic E-state index is 11.6. The van der Waals surface area contributed by atoms with Gasteiger partial charge in [-0.15, -0.1) is 0 Å². The second-order valence-corrected chi connectivity index (χ2v) is 3.80. The average Bonchev–Trinajstić information content (AvgIpc) is 2.26. The first kappa shape index (κ1) is 13.2. The minimum Gasteiger partial charge on any atom is -0.469 e. The summed E-state index contributed by atoms with van der Waals surface area (Å²) in [5.74, 6) is -0.100. The SMILES string of the molecule is COC(=O)CCCCc1c(C)nc(N)[nH]c1=O. The van der Waals surface area contributed by atoms with E-state index in [1.165, 1.54) is 7.11 Å². The van der Waals surface area contributed by atoms with Gasteiger partial charge in [0, 0.05) is 17.7 Å². The zero-order chi connectivity index (χ0) is 12.8. The molecule has 0 atom stereocenters. The van der Waals surface area contributed by atoms with E-state index >= 15 is 0 Å². The molecular weight excluding hydrogens is 222 g/mol. The Labute approximate surface area is 99.2 Å². The molecule has 6 nitrogen and oxygen atoms in total. The molecule has 1 aromatic rings. The molecule has 0 aliphatic rings. The van der Waals surface area contributed by atoms with Gasteiger partial charge in [0.2, 0.25) is 5.95 Å². The maximum absolute atomic E-state index is 11.6. The summed E-state index contributed by atoms with van der Waals surface area (Å²) >= 11 is 0. The lowest BCUT2D eigenvalue weighted by Crippen LogP contribution is -2.18. The molecule has 0 fully saturated rings. The Morgan fingerprint density at radius 1 is 1.47 bits per heavy atom. The van der Waals surface area contributed by atoms with Crippen LogP contribution in [0.5, 0.6) is 0 Å². The maximum Gasteiger partial charge on any atom is 0.305 e. The highest BCUT2D eigenvalue weighted by atomic mass is 16.5. The predicted molar refractivity (Wildman–Crippen MR) is 63.6 cm³/mol. The number of anilines is 1. The number of hydrogen-bond acceptors (Lipinski definition) is 5. The number of aryl methyl sites for hydroxylation is 1. The molecule has 94 valence electrons. The van der Waals surface area contributed by atoms with Gasteiger partial charge in [0.1, 0.15) is 0 Å². The highest BCUT2D eigenvalue weighted by Crippen LogP contribution is 2.06. The summed E-state index contributed by atoms with van der Waals surface area (Å²) in [6.07, 6.45) is 2.39. The summed E-state index contributed by atoms with van der Waals surface area (Å²) in [4.78, 5) is 28.9. The van der Waals surface area contributed by atoms with E-state index in [0.29, 0.717) is 30.5 Å². The molecule has 1 heterocycles. The van der Waals surface area contributed by atoms with Crippen molar-refractivity contribution in [2.24, 2.45) is 0 Å². The largest absolute Gasteiger partial charge is 0.469 e. The quantitative estimate of drug-likeness (QED) is 0.577. The van der Waals surface area contributed by atoms with Crippen molar-refractivity contribution in [3.63, 3.8) is 0 Å². The van der Waals surface area contributed by atoms with Crippen LogP contribution in [0.2, 0.25) is 0 Å². The van der Waals surface area contributed by atoms with Crippen molar-refractivity contribution in [3.05, 3.63) is 21.6 Å². The van der Waals surface area contributed by atoms with E-state index in [4.69, 9.17) is 5.73 Å². The van der Waals surface area contributed by atoms with E-state index < -0.39 is 0 Å². The number of carbonyl (C=O) groups is 1. The van der Waals surface area contributed by atoms with E-state index in [1.54, 1.807) is 6.92 Å². The molecule has 0 saturated carbocycles. The van der Waals surface area contributed by atoms with Gasteiger partial charge in [-0.25, -0.2) is 4.98 Å². The van der Waals surface area contributed by atoms with Gasteiger partial charge in [-0.2, -0.15) is 0 Å². The molecule has 0 radical (unpaired) electrons.